The molecule has 72 heavy (non-hydrogen) atoms. The van der Waals surface area contributed by atoms with Crippen LogP contribution in [0, 0.1) is 11.8 Å². The lowest BCUT2D eigenvalue weighted by Crippen LogP contribution is -2.71. The molecule has 3 heterocycles. The number of aryl methyl sites for hydroxylation is 1. The van der Waals surface area contributed by atoms with E-state index in [9.17, 15) is 65.9 Å². The van der Waals surface area contributed by atoms with Gasteiger partial charge < -0.3 is 17.8 Å². The maximum Gasteiger partial charge on any atom is 0.485 e. The number of hydrogen-bond donors (Lipinski definition) is 0. The largest absolute Gasteiger partial charge is 0.741 e. The second kappa shape index (κ2) is 19.6. The predicted octanol–water partition coefficient (Wildman–Crippen LogP) is 12.3. The molecular weight excluding hydrogens is 1070 g/mol. The van der Waals surface area contributed by atoms with Crippen LogP contribution in [0.1, 0.15) is 109 Å². The maximum atomic E-state index is 14.5. The molecule has 1 fully saturated rings. The molecule has 0 bridgehead atoms. The van der Waals surface area contributed by atoms with Gasteiger partial charge in [-0.15, -0.1) is 0 Å². The molecule has 2 unspecified atom stereocenters. The van der Waals surface area contributed by atoms with Crippen molar-refractivity contribution in [3.8, 4) is 11.8 Å². The number of benzene rings is 2. The SMILES string of the molecule is CC(C)(C)[Si](C)(C)OCC#CC(CCc1c[n+]2c(o1)[C@@H]1[C@H](C2)N1[Si](c1cc(C(F)(F)F)cc(C(F)(F)F)c1)(c1cc(C(F)(F)F)cc(C(F)(F)F)c1)C(C)(C)C)O[Si](C)(C)C(C)(C)C.O=S(=O)([O-])C(F)(F)F. The first kappa shape index (κ1) is 61.1. The van der Waals surface area contributed by atoms with Gasteiger partial charge in [0.05, 0.1) is 34.9 Å². The third-order valence-corrected chi connectivity index (χ3v) is 29.0. The van der Waals surface area contributed by atoms with E-state index in [0.29, 0.717) is 36.4 Å². The van der Waals surface area contributed by atoms with E-state index in [0.717, 1.165) is 0 Å². The number of nitrogens with zero attached hydrogens (tertiary/aromatic N) is 2. The summed E-state index contributed by atoms with van der Waals surface area (Å²) in [7, 11) is -15.4. The van der Waals surface area contributed by atoms with E-state index in [1.807, 2.05) is 0 Å². The van der Waals surface area contributed by atoms with Crippen LogP contribution in [-0.4, -0.2) is 66.7 Å². The zero-order chi connectivity index (χ0) is 55.8. The van der Waals surface area contributed by atoms with Crippen molar-refractivity contribution in [1.82, 2.24) is 4.57 Å². The summed E-state index contributed by atoms with van der Waals surface area (Å²) in [6.45, 7) is 25.5. The molecule has 0 aliphatic carbocycles. The van der Waals surface area contributed by atoms with Gasteiger partial charge in [0.15, 0.2) is 53.3 Å². The lowest BCUT2D eigenvalue weighted by molar-refractivity contribution is -0.699. The quantitative estimate of drug-likeness (QED) is 0.0379. The average molecular weight is 1120 g/mol. The van der Waals surface area contributed by atoms with Gasteiger partial charge in [0.25, 0.3) is 0 Å². The number of aromatic nitrogens is 1. The predicted molar refractivity (Wildman–Crippen MR) is 242 cm³/mol. The Labute approximate surface area is 411 Å². The van der Waals surface area contributed by atoms with Crippen LogP contribution in [0.3, 0.4) is 0 Å². The molecule has 1 aromatic heterocycles. The highest BCUT2D eigenvalue weighted by molar-refractivity contribution is 7.86. The van der Waals surface area contributed by atoms with Gasteiger partial charge in [0.1, 0.15) is 6.10 Å². The summed E-state index contributed by atoms with van der Waals surface area (Å²) in [5.41, 5.74) is -12.6. The van der Waals surface area contributed by atoms with Crippen molar-refractivity contribution < 1.29 is 96.7 Å². The zero-order valence-electron chi connectivity index (χ0n) is 41.5. The van der Waals surface area contributed by atoms with E-state index >= 15 is 0 Å². The van der Waals surface area contributed by atoms with E-state index in [1.54, 1.807) is 10.8 Å². The summed E-state index contributed by atoms with van der Waals surface area (Å²) in [5, 5.41) is -3.03. The molecule has 2 aromatic carbocycles. The summed E-state index contributed by atoms with van der Waals surface area (Å²) >= 11 is 0. The van der Waals surface area contributed by atoms with Crippen LogP contribution in [-0.2, 0) is 56.6 Å². The highest BCUT2D eigenvalue weighted by Gasteiger charge is 2.74. The summed E-state index contributed by atoms with van der Waals surface area (Å²) < 4.78 is 255. The van der Waals surface area contributed by atoms with Gasteiger partial charge in [-0.25, -0.2) is 8.42 Å². The molecule has 27 heteroatoms. The standard InChI is InChI=1S/C44H57F12N2O3Si3.CHF3O3S/c1-38(2,3)62(10,11)59-18-14-15-31(61-63(12,13)39(4,5)6)16-17-32-25-57-26-35-36(37(57)60-32)58(35)64(40(7,8)9,33-21-27(41(45,46)47)19-28(22-33)42(48,49)50)34-23-29(43(51,52)53)20-30(24-34)44(54,55)56;2-1(3,4)8(5,6)7/h19-25,31,35-36H,16-18,26H2,1-13H3;(H,5,6,7)/q+1;/p-1/t31?,35-,36-,58?;/m0./s1. The van der Waals surface area contributed by atoms with E-state index in [-0.39, 0.29) is 47.7 Å². The molecular formula is C45H57F15N2O6SSi3. The molecule has 3 aromatic rings. The van der Waals surface area contributed by atoms with E-state index in [1.165, 1.54) is 25.3 Å². The highest BCUT2D eigenvalue weighted by atomic mass is 32.2. The summed E-state index contributed by atoms with van der Waals surface area (Å²) in [4.78, 5) is 0. The number of halogens is 15. The average Bonchev–Trinajstić information content (AvgIpc) is 3.50. The van der Waals surface area contributed by atoms with Crippen molar-refractivity contribution in [1.29, 1.82) is 0 Å². The maximum absolute atomic E-state index is 14.5. The normalized spacial score (nSPS) is 18.9. The van der Waals surface area contributed by atoms with Crippen molar-refractivity contribution in [2.75, 3.05) is 6.61 Å². The van der Waals surface area contributed by atoms with Gasteiger partial charge in [-0.05, 0) is 94.5 Å². The number of fused-ring (bicyclic) bond motifs is 3. The van der Waals surface area contributed by atoms with Gasteiger partial charge in [-0.1, -0.05) is 74.2 Å². The van der Waals surface area contributed by atoms with Crippen molar-refractivity contribution in [3.05, 3.63) is 76.5 Å². The molecule has 2 aliphatic rings. The Morgan fingerprint density at radius 2 is 1.07 bits per heavy atom. The molecule has 0 radical (unpaired) electrons. The van der Waals surface area contributed by atoms with E-state index in [4.69, 9.17) is 26.2 Å². The van der Waals surface area contributed by atoms with Crippen molar-refractivity contribution in [3.63, 3.8) is 0 Å². The molecule has 0 spiro atoms. The van der Waals surface area contributed by atoms with Gasteiger partial charge in [0.2, 0.25) is 6.20 Å². The van der Waals surface area contributed by atoms with Crippen LogP contribution in [0.2, 0.25) is 41.3 Å². The first-order valence-corrected chi connectivity index (χ1v) is 31.3. The summed E-state index contributed by atoms with van der Waals surface area (Å²) in [6, 6.07) is -0.0990. The fourth-order valence-electron chi connectivity index (χ4n) is 7.96. The zero-order valence-corrected chi connectivity index (χ0v) is 45.3. The molecule has 8 nitrogen and oxygen atoms in total. The Balaban J connectivity index is 0.00000129. The first-order chi connectivity index (χ1) is 31.9. The minimum Gasteiger partial charge on any atom is -0.741 e. The van der Waals surface area contributed by atoms with Crippen LogP contribution in [0.5, 0.6) is 0 Å². The Morgan fingerprint density at radius 3 is 1.40 bits per heavy atom. The topological polar surface area (TPSA) is 95.7 Å². The molecule has 1 saturated heterocycles. The molecule has 5 rings (SSSR count). The number of rotatable bonds is 10. The van der Waals surface area contributed by atoms with Gasteiger partial charge in [0, 0.05) is 6.42 Å². The van der Waals surface area contributed by atoms with E-state index in [2.05, 4.69) is 79.6 Å². The third-order valence-electron chi connectivity index (χ3n) is 13.6. The summed E-state index contributed by atoms with van der Waals surface area (Å²) in [5.74, 6) is 7.03. The van der Waals surface area contributed by atoms with Crippen LogP contribution < -0.4 is 14.9 Å². The van der Waals surface area contributed by atoms with Gasteiger partial charge in [-0.3, -0.25) is 4.57 Å². The molecule has 0 saturated carbocycles. The van der Waals surface area contributed by atoms with E-state index < -0.39 is 121 Å². The molecule has 0 amide bonds. The van der Waals surface area contributed by atoms with Gasteiger partial charge >= 0.3 is 36.1 Å². The van der Waals surface area contributed by atoms with Crippen molar-refractivity contribution >= 4 is 45.4 Å². The first-order valence-electron chi connectivity index (χ1n) is 22.1. The van der Waals surface area contributed by atoms with Crippen molar-refractivity contribution in [2.45, 2.75) is 171 Å². The minimum absolute atomic E-state index is 0.0352. The number of oxazole rings is 1. The number of alkyl halides is 15. The smallest absolute Gasteiger partial charge is 0.485 e. The lowest BCUT2D eigenvalue weighted by atomic mass is 10.1. The van der Waals surface area contributed by atoms with Crippen LogP contribution in [0.4, 0.5) is 65.9 Å². The minimum atomic E-state index is -6.09. The Bertz CT molecular complexity index is 2490. The molecule has 406 valence electrons. The molecule has 2 aliphatic heterocycles. The van der Waals surface area contributed by atoms with Crippen LogP contribution >= 0.6 is 0 Å². The Morgan fingerprint density at radius 1 is 0.681 bits per heavy atom. The lowest BCUT2D eigenvalue weighted by Gasteiger charge is -2.46. The molecule has 0 N–H and O–H groups in total. The highest BCUT2D eigenvalue weighted by Crippen LogP contribution is 2.56. The fourth-order valence-corrected chi connectivity index (χ4v) is 16.3. The second-order valence-electron chi connectivity index (χ2n) is 21.8. The van der Waals surface area contributed by atoms with Gasteiger partial charge in [-0.2, -0.15) is 70.4 Å². The third kappa shape index (κ3) is 13.3. The Kier molecular flexibility index (Phi) is 16.7. The van der Waals surface area contributed by atoms with Crippen molar-refractivity contribution in [2.24, 2.45) is 0 Å². The molecule has 4 atom stereocenters. The van der Waals surface area contributed by atoms with Crippen LogP contribution in [0.25, 0.3) is 0 Å². The van der Waals surface area contributed by atoms with Crippen LogP contribution in [0.15, 0.2) is 47.0 Å². The second-order valence-corrected chi connectivity index (χ2v) is 37.4. The number of hydrogen-bond acceptors (Lipinski definition) is 7. The fraction of sp³-hybridized carbons (Fsp3) is 0.622. The summed E-state index contributed by atoms with van der Waals surface area (Å²) in [6.07, 6.45) is -19.6. The monoisotopic (exact) mass is 1120 g/mol. The Hall–Kier alpha value is -3.40.